The van der Waals surface area contributed by atoms with Crippen LogP contribution in [0.25, 0.3) is 0 Å². The van der Waals surface area contributed by atoms with Crippen LogP contribution < -0.4 is 0 Å². The topological polar surface area (TPSA) is 20.3 Å². The van der Waals surface area contributed by atoms with Crippen molar-refractivity contribution in [1.29, 1.82) is 0 Å². The molecule has 1 aromatic rings. The number of carbonyl (C=O) groups is 1. The van der Waals surface area contributed by atoms with Crippen molar-refractivity contribution in [2.45, 2.75) is 51.6 Å². The van der Waals surface area contributed by atoms with Crippen LogP contribution in [-0.4, -0.2) is 23.3 Å². The van der Waals surface area contributed by atoms with Crippen LogP contribution in [0.15, 0.2) is 30.3 Å². The zero-order chi connectivity index (χ0) is 12.8. The lowest BCUT2D eigenvalue weighted by Crippen LogP contribution is -2.31. The van der Waals surface area contributed by atoms with Gasteiger partial charge in [-0.2, -0.15) is 0 Å². The normalized spacial score (nSPS) is 15.0. The number of hydrogen-bond donors (Lipinski definition) is 0. The minimum absolute atomic E-state index is 0.402. The first kappa shape index (κ1) is 13.3. The number of hydrogen-bond acceptors (Lipinski definition) is 2. The molecule has 1 fully saturated rings. The summed E-state index contributed by atoms with van der Waals surface area (Å²) in [5.41, 5.74) is 1.31. The fourth-order valence-electron chi connectivity index (χ4n) is 2.25. The molecule has 1 aliphatic rings. The van der Waals surface area contributed by atoms with E-state index in [1.807, 2.05) is 6.07 Å². The molecule has 0 spiro atoms. The highest BCUT2D eigenvalue weighted by Crippen LogP contribution is 2.28. The number of rotatable bonds is 8. The van der Waals surface area contributed by atoms with E-state index < -0.39 is 0 Å². The quantitative estimate of drug-likeness (QED) is 0.699. The molecule has 0 bridgehead atoms. The van der Waals surface area contributed by atoms with Crippen LogP contribution in [0.1, 0.15) is 44.6 Å². The fraction of sp³-hybridized carbons (Fsp3) is 0.562. The van der Waals surface area contributed by atoms with Gasteiger partial charge in [0, 0.05) is 19.0 Å². The van der Waals surface area contributed by atoms with Gasteiger partial charge in [0.25, 0.3) is 0 Å². The molecule has 18 heavy (non-hydrogen) atoms. The predicted molar refractivity (Wildman–Crippen MR) is 74.4 cm³/mol. The Kier molecular flexibility index (Phi) is 4.94. The van der Waals surface area contributed by atoms with Gasteiger partial charge in [-0.3, -0.25) is 9.69 Å². The van der Waals surface area contributed by atoms with E-state index in [0.717, 1.165) is 25.8 Å². The highest BCUT2D eigenvalue weighted by molar-refractivity contribution is 5.80. The van der Waals surface area contributed by atoms with Crippen LogP contribution in [0.5, 0.6) is 0 Å². The van der Waals surface area contributed by atoms with Crippen molar-refractivity contribution in [3.63, 3.8) is 0 Å². The Hall–Kier alpha value is -1.15. The molecule has 0 aliphatic heterocycles. The van der Waals surface area contributed by atoms with Crippen molar-refractivity contribution in [1.82, 2.24) is 4.90 Å². The Bertz CT molecular complexity index is 370. The van der Waals surface area contributed by atoms with Gasteiger partial charge in [-0.1, -0.05) is 43.7 Å². The number of benzene rings is 1. The van der Waals surface area contributed by atoms with Gasteiger partial charge in [0.1, 0.15) is 5.78 Å². The van der Waals surface area contributed by atoms with Crippen LogP contribution >= 0.6 is 0 Å². The van der Waals surface area contributed by atoms with Crippen molar-refractivity contribution in [3.8, 4) is 0 Å². The molecule has 0 unspecified atom stereocenters. The van der Waals surface area contributed by atoms with Crippen LogP contribution in [0, 0.1) is 0 Å². The maximum atomic E-state index is 11.9. The van der Waals surface area contributed by atoms with Gasteiger partial charge in [0.2, 0.25) is 0 Å². The van der Waals surface area contributed by atoms with Crippen molar-refractivity contribution < 1.29 is 4.79 Å². The van der Waals surface area contributed by atoms with Crippen molar-refractivity contribution in [3.05, 3.63) is 35.9 Å². The molecule has 98 valence electrons. The summed E-state index contributed by atoms with van der Waals surface area (Å²) in [6.07, 6.45) is 5.40. The number of carbonyl (C=O) groups excluding carboxylic acids is 1. The Labute approximate surface area is 110 Å². The highest BCUT2D eigenvalue weighted by Gasteiger charge is 2.29. The third-order valence-corrected chi connectivity index (χ3v) is 3.48. The average Bonchev–Trinajstić information content (AvgIpc) is 3.21. The van der Waals surface area contributed by atoms with E-state index in [4.69, 9.17) is 0 Å². The molecular weight excluding hydrogens is 222 g/mol. The van der Waals surface area contributed by atoms with Crippen molar-refractivity contribution in [2.75, 3.05) is 6.54 Å². The number of unbranched alkanes of at least 4 members (excludes halogenated alkanes) is 1. The van der Waals surface area contributed by atoms with E-state index in [-0.39, 0.29) is 0 Å². The first-order chi connectivity index (χ1) is 8.79. The molecule has 0 saturated heterocycles. The third kappa shape index (κ3) is 4.26. The lowest BCUT2D eigenvalue weighted by Gasteiger charge is -2.21. The zero-order valence-electron chi connectivity index (χ0n) is 11.3. The first-order valence-electron chi connectivity index (χ1n) is 7.09. The van der Waals surface area contributed by atoms with Crippen molar-refractivity contribution in [2.24, 2.45) is 0 Å². The molecule has 0 atom stereocenters. The molecule has 1 aliphatic carbocycles. The molecule has 0 aromatic heterocycles. The van der Waals surface area contributed by atoms with Gasteiger partial charge in [0.05, 0.1) is 6.54 Å². The van der Waals surface area contributed by atoms with E-state index in [1.165, 1.54) is 18.4 Å². The van der Waals surface area contributed by atoms with Gasteiger partial charge in [0.15, 0.2) is 0 Å². The highest BCUT2D eigenvalue weighted by atomic mass is 16.1. The summed E-state index contributed by atoms with van der Waals surface area (Å²) in [4.78, 5) is 14.2. The Morgan fingerprint density at radius 3 is 2.61 bits per heavy atom. The third-order valence-electron chi connectivity index (χ3n) is 3.48. The minimum Gasteiger partial charge on any atom is -0.298 e. The first-order valence-corrected chi connectivity index (χ1v) is 7.09. The molecule has 0 amide bonds. The Balaban J connectivity index is 1.86. The maximum Gasteiger partial charge on any atom is 0.146 e. The van der Waals surface area contributed by atoms with Gasteiger partial charge >= 0.3 is 0 Å². The van der Waals surface area contributed by atoms with Gasteiger partial charge in [-0.05, 0) is 24.8 Å². The van der Waals surface area contributed by atoms with E-state index >= 15 is 0 Å². The lowest BCUT2D eigenvalue weighted by atomic mass is 10.1. The van der Waals surface area contributed by atoms with E-state index in [0.29, 0.717) is 18.4 Å². The summed E-state index contributed by atoms with van der Waals surface area (Å²) in [6.45, 7) is 3.69. The monoisotopic (exact) mass is 245 g/mol. The lowest BCUT2D eigenvalue weighted by molar-refractivity contribution is -0.120. The number of nitrogens with zero attached hydrogens (tertiary/aromatic N) is 1. The smallest absolute Gasteiger partial charge is 0.146 e. The summed E-state index contributed by atoms with van der Waals surface area (Å²) in [5, 5.41) is 0. The fourth-order valence-corrected chi connectivity index (χ4v) is 2.25. The molecule has 0 N–H and O–H groups in total. The van der Waals surface area contributed by atoms with Crippen LogP contribution in [0.3, 0.4) is 0 Å². The summed E-state index contributed by atoms with van der Waals surface area (Å²) in [7, 11) is 0. The second-order valence-corrected chi connectivity index (χ2v) is 5.26. The van der Waals surface area contributed by atoms with Gasteiger partial charge in [-0.25, -0.2) is 0 Å². The zero-order valence-corrected chi connectivity index (χ0v) is 11.3. The molecule has 2 nitrogen and oxygen atoms in total. The summed E-state index contributed by atoms with van der Waals surface area (Å²) in [5.74, 6) is 0.402. The second-order valence-electron chi connectivity index (χ2n) is 5.26. The SMILES string of the molecule is CCCCC(=O)CN(Cc1ccccc1)C1CC1. The van der Waals surface area contributed by atoms with Crippen LogP contribution in [0.2, 0.25) is 0 Å². The summed E-state index contributed by atoms with van der Waals surface area (Å²) in [6, 6.07) is 11.1. The van der Waals surface area contributed by atoms with Gasteiger partial charge in [-0.15, -0.1) is 0 Å². The Morgan fingerprint density at radius 2 is 2.00 bits per heavy atom. The van der Waals surface area contributed by atoms with E-state index in [2.05, 4.69) is 36.1 Å². The number of ketones is 1. The van der Waals surface area contributed by atoms with Crippen LogP contribution in [0.4, 0.5) is 0 Å². The summed E-state index contributed by atoms with van der Waals surface area (Å²) >= 11 is 0. The standard InChI is InChI=1S/C16H23NO/c1-2-3-9-16(18)13-17(15-10-11-15)12-14-7-5-4-6-8-14/h4-8,15H,2-3,9-13H2,1H3. The molecule has 1 saturated carbocycles. The molecule has 2 heteroatoms. The molecular formula is C16H23NO. The number of Topliss-reactive ketones (excluding diaryl/α,β-unsaturated/α-hetero) is 1. The van der Waals surface area contributed by atoms with Crippen LogP contribution in [-0.2, 0) is 11.3 Å². The maximum absolute atomic E-state index is 11.9. The molecule has 2 rings (SSSR count). The predicted octanol–water partition coefficient (Wildman–Crippen LogP) is 3.41. The molecule has 0 heterocycles. The van der Waals surface area contributed by atoms with E-state index in [1.54, 1.807) is 0 Å². The minimum atomic E-state index is 0.402. The van der Waals surface area contributed by atoms with Gasteiger partial charge < -0.3 is 0 Å². The average molecular weight is 245 g/mol. The second kappa shape index (κ2) is 6.69. The summed E-state index contributed by atoms with van der Waals surface area (Å²) < 4.78 is 0. The van der Waals surface area contributed by atoms with E-state index in [9.17, 15) is 4.79 Å². The molecule has 1 aromatic carbocycles. The Morgan fingerprint density at radius 1 is 1.28 bits per heavy atom. The largest absolute Gasteiger partial charge is 0.298 e. The van der Waals surface area contributed by atoms with Crippen molar-refractivity contribution >= 4 is 5.78 Å². The molecule has 0 radical (unpaired) electrons.